The Morgan fingerprint density at radius 2 is 1.79 bits per heavy atom. The summed E-state index contributed by atoms with van der Waals surface area (Å²) in [7, 11) is -3.89. The second-order valence-corrected chi connectivity index (χ2v) is 10.9. The van der Waals surface area contributed by atoms with Gasteiger partial charge in [-0.15, -0.1) is 0 Å². The van der Waals surface area contributed by atoms with E-state index in [9.17, 15) is 18.3 Å². The van der Waals surface area contributed by atoms with E-state index in [0.29, 0.717) is 5.02 Å². The largest absolute Gasteiger partial charge is 0.478 e. The molecule has 3 N–H and O–H groups in total. The number of carboxylic acid groups (broad SMARTS) is 1. The predicted molar refractivity (Wildman–Crippen MR) is 133 cm³/mol. The van der Waals surface area contributed by atoms with Gasteiger partial charge in [-0.1, -0.05) is 47.5 Å². The maximum Gasteiger partial charge on any atom is 0.335 e. The molecule has 0 saturated heterocycles. The van der Waals surface area contributed by atoms with Crippen molar-refractivity contribution < 1.29 is 18.3 Å². The quantitative estimate of drug-likeness (QED) is 0.346. The second kappa shape index (κ2) is 8.65. The summed E-state index contributed by atoms with van der Waals surface area (Å²) in [5.74, 6) is -0.753. The fraction of sp³-hybridized carbons (Fsp3) is 0.160. The Bertz CT molecular complexity index is 1420. The van der Waals surface area contributed by atoms with Crippen LogP contribution in [0.3, 0.4) is 0 Å². The summed E-state index contributed by atoms with van der Waals surface area (Å²) in [6.45, 7) is 0. The van der Waals surface area contributed by atoms with Crippen molar-refractivity contribution in [2.75, 3.05) is 10.0 Å². The Labute approximate surface area is 207 Å². The summed E-state index contributed by atoms with van der Waals surface area (Å²) in [5, 5.41) is 13.3. The topological polar surface area (TPSA) is 95.5 Å². The molecule has 0 fully saturated rings. The third-order valence-corrected chi connectivity index (χ3v) is 8.26. The third-order valence-electron chi connectivity index (χ3n) is 6.33. The van der Waals surface area contributed by atoms with Crippen molar-refractivity contribution in [2.45, 2.75) is 23.3 Å². The molecule has 1 aliphatic heterocycles. The highest BCUT2D eigenvalue weighted by Gasteiger charge is 2.38. The molecule has 3 atom stereocenters. The SMILES string of the molecule is O=C(O)c1ccc([C@@H]2Nc3ccc(S(=O)(=O)Nc4cc(Cl)ccc4Cl)cc3[C@H]3C=CC[C@@H]32)cc1. The zero-order valence-corrected chi connectivity index (χ0v) is 20.0. The first kappa shape index (κ1) is 22.8. The van der Waals surface area contributed by atoms with Crippen LogP contribution >= 0.6 is 23.2 Å². The molecule has 0 bridgehead atoms. The Balaban J connectivity index is 1.47. The van der Waals surface area contributed by atoms with E-state index in [0.717, 1.165) is 23.2 Å². The maximum absolute atomic E-state index is 13.1. The molecule has 9 heteroatoms. The minimum Gasteiger partial charge on any atom is -0.478 e. The minimum atomic E-state index is -3.89. The number of carbonyl (C=O) groups is 1. The number of fused-ring (bicyclic) bond motifs is 3. The van der Waals surface area contributed by atoms with Crippen LogP contribution in [-0.4, -0.2) is 19.5 Å². The van der Waals surface area contributed by atoms with Gasteiger partial charge in [0.2, 0.25) is 0 Å². The maximum atomic E-state index is 13.1. The molecule has 0 saturated carbocycles. The molecule has 3 aromatic rings. The highest BCUT2D eigenvalue weighted by atomic mass is 35.5. The van der Waals surface area contributed by atoms with Crippen LogP contribution in [0.1, 0.15) is 39.9 Å². The van der Waals surface area contributed by atoms with Crippen molar-refractivity contribution in [1.29, 1.82) is 0 Å². The van der Waals surface area contributed by atoms with Gasteiger partial charge in [0.1, 0.15) is 0 Å². The van der Waals surface area contributed by atoms with Gasteiger partial charge in [-0.3, -0.25) is 4.72 Å². The molecular formula is C25H20Cl2N2O4S. The molecule has 0 aromatic heterocycles. The number of nitrogens with one attached hydrogen (secondary N) is 2. The zero-order valence-electron chi connectivity index (χ0n) is 17.7. The van der Waals surface area contributed by atoms with Crippen LogP contribution in [0.25, 0.3) is 0 Å². The Kier molecular flexibility index (Phi) is 5.80. The van der Waals surface area contributed by atoms with E-state index in [2.05, 4.69) is 22.2 Å². The van der Waals surface area contributed by atoms with Crippen molar-refractivity contribution in [3.8, 4) is 0 Å². The predicted octanol–water partition coefficient (Wildman–Crippen LogP) is 6.32. The molecular weight excluding hydrogens is 495 g/mol. The lowest BCUT2D eigenvalue weighted by molar-refractivity contribution is 0.0697. The Morgan fingerprint density at radius 1 is 1.03 bits per heavy atom. The van der Waals surface area contributed by atoms with Gasteiger partial charge in [-0.2, -0.15) is 0 Å². The normalized spacial score (nSPS) is 20.8. The average molecular weight is 515 g/mol. The summed E-state index contributed by atoms with van der Waals surface area (Å²) in [6.07, 6.45) is 5.05. The van der Waals surface area contributed by atoms with Gasteiger partial charge < -0.3 is 10.4 Å². The fourth-order valence-electron chi connectivity index (χ4n) is 4.68. The van der Waals surface area contributed by atoms with Gasteiger partial charge in [-0.05, 0) is 72.0 Å². The Hall–Kier alpha value is -3.00. The van der Waals surface area contributed by atoms with E-state index in [-0.39, 0.29) is 39.0 Å². The summed E-state index contributed by atoms with van der Waals surface area (Å²) >= 11 is 12.1. The molecule has 0 radical (unpaired) electrons. The molecule has 3 aromatic carbocycles. The van der Waals surface area contributed by atoms with E-state index in [1.165, 1.54) is 12.1 Å². The lowest BCUT2D eigenvalue weighted by atomic mass is 9.77. The number of anilines is 2. The molecule has 2 aliphatic rings. The van der Waals surface area contributed by atoms with Crippen molar-refractivity contribution in [3.63, 3.8) is 0 Å². The first-order valence-electron chi connectivity index (χ1n) is 10.6. The number of hydrogen-bond donors (Lipinski definition) is 3. The molecule has 34 heavy (non-hydrogen) atoms. The number of aromatic carboxylic acids is 1. The van der Waals surface area contributed by atoms with Crippen molar-refractivity contribution in [1.82, 2.24) is 0 Å². The van der Waals surface area contributed by atoms with Gasteiger partial charge >= 0.3 is 5.97 Å². The monoisotopic (exact) mass is 514 g/mol. The summed E-state index contributed by atoms with van der Waals surface area (Å²) in [6, 6.07) is 16.5. The average Bonchev–Trinajstić information content (AvgIpc) is 3.31. The molecule has 1 heterocycles. The molecule has 5 rings (SSSR count). The van der Waals surface area contributed by atoms with Crippen LogP contribution in [0, 0.1) is 5.92 Å². The van der Waals surface area contributed by atoms with Crippen LogP contribution < -0.4 is 10.0 Å². The van der Waals surface area contributed by atoms with Crippen molar-refractivity contribution >= 4 is 50.6 Å². The molecule has 174 valence electrons. The standard InChI is InChI=1S/C25H20Cl2N2O4S/c26-16-8-10-21(27)23(12-16)29-34(32,33)17-9-11-22-20(13-17)18-2-1-3-19(18)24(28-22)14-4-6-15(7-5-14)25(30)31/h1-2,4-13,18-19,24,28-29H,3H2,(H,30,31)/t18-,19-,24-/m0/s1. The lowest BCUT2D eigenvalue weighted by Gasteiger charge is -2.37. The molecule has 1 aliphatic carbocycles. The smallest absolute Gasteiger partial charge is 0.335 e. The molecule has 0 spiro atoms. The summed E-state index contributed by atoms with van der Waals surface area (Å²) in [5.41, 5.74) is 3.19. The van der Waals surface area contributed by atoms with Crippen molar-refractivity contribution in [2.24, 2.45) is 5.92 Å². The van der Waals surface area contributed by atoms with Gasteiger partial charge in [0, 0.05) is 16.6 Å². The number of halogens is 2. The number of sulfonamides is 1. The van der Waals surface area contributed by atoms with Crippen LogP contribution in [0.15, 0.2) is 77.7 Å². The highest BCUT2D eigenvalue weighted by molar-refractivity contribution is 7.92. The number of carboxylic acids is 1. The lowest BCUT2D eigenvalue weighted by Crippen LogP contribution is -2.29. The fourth-order valence-corrected chi connectivity index (χ4v) is 6.18. The van der Waals surface area contributed by atoms with Gasteiger partial charge in [0.05, 0.1) is 27.2 Å². The molecule has 0 amide bonds. The summed E-state index contributed by atoms with van der Waals surface area (Å²) in [4.78, 5) is 11.3. The number of benzene rings is 3. The van der Waals surface area contributed by atoms with E-state index in [1.807, 2.05) is 12.1 Å². The number of allylic oxidation sites excluding steroid dienone is 2. The van der Waals surface area contributed by atoms with E-state index in [1.54, 1.807) is 36.4 Å². The van der Waals surface area contributed by atoms with Gasteiger partial charge in [0.25, 0.3) is 10.0 Å². The first-order valence-corrected chi connectivity index (χ1v) is 12.8. The van der Waals surface area contributed by atoms with E-state index in [4.69, 9.17) is 23.2 Å². The summed E-state index contributed by atoms with van der Waals surface area (Å²) < 4.78 is 28.8. The zero-order chi connectivity index (χ0) is 24.0. The number of rotatable bonds is 5. The van der Waals surface area contributed by atoms with Crippen LogP contribution in [0.2, 0.25) is 10.0 Å². The van der Waals surface area contributed by atoms with Crippen LogP contribution in [0.5, 0.6) is 0 Å². The number of hydrogen-bond acceptors (Lipinski definition) is 4. The molecule has 0 unspecified atom stereocenters. The Morgan fingerprint density at radius 3 is 2.53 bits per heavy atom. The van der Waals surface area contributed by atoms with Crippen LogP contribution in [0.4, 0.5) is 11.4 Å². The first-order chi connectivity index (χ1) is 16.2. The third kappa shape index (κ3) is 4.15. The highest BCUT2D eigenvalue weighted by Crippen LogP contribution is 2.50. The van der Waals surface area contributed by atoms with Gasteiger partial charge in [-0.25, -0.2) is 13.2 Å². The van der Waals surface area contributed by atoms with Gasteiger partial charge in [0.15, 0.2) is 0 Å². The minimum absolute atomic E-state index is 0.0267. The van der Waals surface area contributed by atoms with E-state index >= 15 is 0 Å². The van der Waals surface area contributed by atoms with Crippen LogP contribution in [-0.2, 0) is 10.0 Å². The van der Waals surface area contributed by atoms with Crippen molar-refractivity contribution in [3.05, 3.63) is 99.6 Å². The van der Waals surface area contributed by atoms with E-state index < -0.39 is 16.0 Å². The second-order valence-electron chi connectivity index (χ2n) is 8.38. The molecule has 6 nitrogen and oxygen atoms in total.